The van der Waals surface area contributed by atoms with Crippen LogP contribution < -0.4 is 10.6 Å². The van der Waals surface area contributed by atoms with Crippen molar-refractivity contribution in [2.24, 2.45) is 40.4 Å². The smallest absolute Gasteiger partial charge is 0.251 e. The van der Waals surface area contributed by atoms with Gasteiger partial charge >= 0.3 is 0 Å². The largest absolute Gasteiger partial charge is 0.352 e. The van der Waals surface area contributed by atoms with Crippen molar-refractivity contribution >= 4 is 17.9 Å². The number of carbonyl (C=O) groups excluding carboxylic acids is 2. The highest BCUT2D eigenvalue weighted by Gasteiger charge is 2.75. The Labute approximate surface area is 243 Å². The summed E-state index contributed by atoms with van der Waals surface area (Å²) in [7, 11) is 0. The number of rotatable bonds is 6. The number of aromatic nitrogens is 2. The molecule has 216 valence electrons. The van der Waals surface area contributed by atoms with Gasteiger partial charge in [-0.3, -0.25) is 9.59 Å². The number of hydrogen-bond donors (Lipinski definition) is 3. The summed E-state index contributed by atoms with van der Waals surface area (Å²) in [5, 5.41) is 6.82. The molecule has 0 radical (unpaired) electrons. The van der Waals surface area contributed by atoms with Crippen LogP contribution in [0, 0.1) is 40.4 Å². The molecule has 8 rings (SSSR count). The van der Waals surface area contributed by atoms with E-state index in [-0.39, 0.29) is 23.8 Å². The van der Waals surface area contributed by atoms with Crippen LogP contribution >= 0.6 is 0 Å². The average molecular weight is 553 g/mol. The zero-order valence-corrected chi connectivity index (χ0v) is 24.5. The number of amides is 2. The molecule has 7 unspecified atom stereocenters. The molecule has 0 saturated heterocycles. The van der Waals surface area contributed by atoms with Gasteiger partial charge in [-0.05, 0) is 104 Å². The van der Waals surface area contributed by atoms with Crippen LogP contribution in [0.5, 0.6) is 0 Å². The summed E-state index contributed by atoms with van der Waals surface area (Å²) in [6, 6.07) is 8.35. The van der Waals surface area contributed by atoms with Gasteiger partial charge in [-0.25, -0.2) is 4.98 Å². The van der Waals surface area contributed by atoms with Crippen LogP contribution in [-0.2, 0) is 11.2 Å². The maximum atomic E-state index is 13.6. The van der Waals surface area contributed by atoms with Gasteiger partial charge in [-0.1, -0.05) is 44.9 Å². The lowest BCUT2D eigenvalue weighted by molar-refractivity contribution is -0.125. The molecule has 5 fully saturated rings. The number of carbonyl (C=O) groups is 2. The minimum Gasteiger partial charge on any atom is -0.352 e. The van der Waals surface area contributed by atoms with Gasteiger partial charge in [0, 0.05) is 35.3 Å². The number of aromatic amines is 1. The highest BCUT2D eigenvalue weighted by molar-refractivity contribution is 5.94. The third-order valence-electron chi connectivity index (χ3n) is 12.9. The standard InChI is InChI=1S/C35H44N4O2/c1-3-34-16-25-18-35(34)17-24(14-26(35)19-34)30(25)39-33(41)23-12-13-28-29(15-23)37-31(36-28)21-8-10-22(11-9-21)32(40)38-27-7-5-4-6-20(27)2/h8-13,20,23-27,30H,3-7,14-19H2,1-2H3,(H,36,37)(H,38,40)(H,39,41)/t20?,23?,24?,25?,26-,27?,30?,34-,35?/m1/s1. The quantitative estimate of drug-likeness (QED) is 0.394. The molecule has 9 atom stereocenters. The summed E-state index contributed by atoms with van der Waals surface area (Å²) in [5.41, 5.74) is 4.78. The number of H-pyrrole nitrogens is 1. The van der Waals surface area contributed by atoms with Crippen LogP contribution in [0.2, 0.25) is 0 Å². The van der Waals surface area contributed by atoms with Crippen molar-refractivity contribution in [3.8, 4) is 11.4 Å². The van der Waals surface area contributed by atoms with Gasteiger partial charge in [-0.2, -0.15) is 0 Å². The van der Waals surface area contributed by atoms with E-state index in [1.54, 1.807) is 0 Å². The van der Waals surface area contributed by atoms with Crippen LogP contribution in [0.25, 0.3) is 17.5 Å². The number of benzene rings is 1. The summed E-state index contributed by atoms with van der Waals surface area (Å²) in [6.07, 6.45) is 17.5. The molecule has 6 aliphatic rings. The van der Waals surface area contributed by atoms with Crippen LogP contribution in [-0.4, -0.2) is 33.9 Å². The highest BCUT2D eigenvalue weighted by Crippen LogP contribution is 2.82. The first-order valence-electron chi connectivity index (χ1n) is 16.4. The number of fused-ring (bicyclic) bond motifs is 3. The molecule has 3 N–H and O–H groups in total. The van der Waals surface area contributed by atoms with Crippen molar-refractivity contribution in [3.05, 3.63) is 47.3 Å². The Morgan fingerprint density at radius 1 is 1.02 bits per heavy atom. The van der Waals surface area contributed by atoms with Crippen molar-refractivity contribution in [2.75, 3.05) is 0 Å². The third kappa shape index (κ3) is 3.84. The Hall–Kier alpha value is -2.89. The van der Waals surface area contributed by atoms with Crippen molar-refractivity contribution in [1.29, 1.82) is 0 Å². The van der Waals surface area contributed by atoms with E-state index in [0.717, 1.165) is 35.1 Å². The van der Waals surface area contributed by atoms with Crippen molar-refractivity contribution < 1.29 is 9.59 Å². The predicted molar refractivity (Wildman–Crippen MR) is 160 cm³/mol. The van der Waals surface area contributed by atoms with E-state index < -0.39 is 0 Å². The molecule has 5 saturated carbocycles. The highest BCUT2D eigenvalue weighted by atomic mass is 16.2. The second-order valence-corrected chi connectivity index (χ2v) is 14.6. The minimum atomic E-state index is -0.159. The van der Waals surface area contributed by atoms with Gasteiger partial charge in [0.25, 0.3) is 5.91 Å². The van der Waals surface area contributed by atoms with Gasteiger partial charge in [0.05, 0.1) is 11.6 Å². The zero-order valence-electron chi connectivity index (χ0n) is 24.5. The van der Waals surface area contributed by atoms with E-state index in [1.165, 1.54) is 57.8 Å². The monoisotopic (exact) mass is 552 g/mol. The zero-order chi connectivity index (χ0) is 27.9. The van der Waals surface area contributed by atoms with Crippen molar-refractivity contribution in [2.45, 2.75) is 96.6 Å². The van der Waals surface area contributed by atoms with Crippen LogP contribution in [0.15, 0.2) is 30.3 Å². The lowest BCUT2D eigenvalue weighted by Crippen LogP contribution is -2.52. The van der Waals surface area contributed by atoms with Gasteiger partial charge in [-0.15, -0.1) is 0 Å². The molecule has 1 aromatic carbocycles. The van der Waals surface area contributed by atoms with E-state index in [2.05, 4.69) is 29.5 Å². The lowest BCUT2D eigenvalue weighted by atomic mass is 9.45. The maximum absolute atomic E-state index is 13.6. The minimum absolute atomic E-state index is 0.00610. The maximum Gasteiger partial charge on any atom is 0.251 e. The van der Waals surface area contributed by atoms with E-state index in [1.807, 2.05) is 36.4 Å². The first-order chi connectivity index (χ1) is 19.9. The second kappa shape index (κ2) is 9.31. The molecular weight excluding hydrogens is 508 g/mol. The first kappa shape index (κ1) is 25.8. The number of imidazole rings is 1. The molecule has 0 aliphatic heterocycles. The molecule has 6 nitrogen and oxygen atoms in total. The average Bonchev–Trinajstić information content (AvgIpc) is 3.58. The number of hydrogen-bond acceptors (Lipinski definition) is 3. The Morgan fingerprint density at radius 3 is 2.63 bits per heavy atom. The Morgan fingerprint density at radius 2 is 1.83 bits per heavy atom. The fraction of sp³-hybridized carbons (Fsp3) is 0.629. The predicted octanol–water partition coefficient (Wildman–Crippen LogP) is 6.29. The third-order valence-corrected chi connectivity index (χ3v) is 12.9. The second-order valence-electron chi connectivity index (χ2n) is 14.6. The lowest BCUT2D eigenvalue weighted by Gasteiger charge is -2.59. The van der Waals surface area contributed by atoms with Gasteiger partial charge in [0.15, 0.2) is 0 Å². The van der Waals surface area contributed by atoms with E-state index in [9.17, 15) is 9.59 Å². The summed E-state index contributed by atoms with van der Waals surface area (Å²) in [4.78, 5) is 34.7. The van der Waals surface area contributed by atoms with E-state index in [0.29, 0.717) is 46.6 Å². The van der Waals surface area contributed by atoms with Gasteiger partial charge in [0.2, 0.25) is 5.91 Å². The van der Waals surface area contributed by atoms with Crippen molar-refractivity contribution in [3.63, 3.8) is 0 Å². The Kier molecular flexibility index (Phi) is 5.85. The molecule has 2 amide bonds. The Balaban J connectivity index is 0.916. The van der Waals surface area contributed by atoms with Crippen LogP contribution in [0.1, 0.15) is 99.8 Å². The molecule has 1 spiro atoms. The van der Waals surface area contributed by atoms with Gasteiger partial charge in [0.1, 0.15) is 5.82 Å². The summed E-state index contributed by atoms with van der Waals surface area (Å²) < 4.78 is 0. The fourth-order valence-corrected chi connectivity index (χ4v) is 10.7. The fourth-order valence-electron chi connectivity index (χ4n) is 10.7. The van der Waals surface area contributed by atoms with Crippen molar-refractivity contribution in [1.82, 2.24) is 20.6 Å². The number of nitrogens with one attached hydrogen (secondary N) is 3. The molecule has 3 bridgehead atoms. The molecule has 2 aromatic rings. The molecule has 6 aliphatic carbocycles. The molecule has 1 heterocycles. The first-order valence-corrected chi connectivity index (χ1v) is 16.4. The van der Waals surface area contributed by atoms with Gasteiger partial charge < -0.3 is 15.6 Å². The summed E-state index contributed by atoms with van der Waals surface area (Å²) in [5.74, 6) is 3.62. The van der Waals surface area contributed by atoms with E-state index in [4.69, 9.17) is 4.98 Å². The van der Waals surface area contributed by atoms with E-state index >= 15 is 0 Å². The van der Waals surface area contributed by atoms with Crippen LogP contribution in [0.4, 0.5) is 0 Å². The SMILES string of the molecule is CC[C@]12CC3CC14CC(C[C@@H]4C2)C3NC(=O)C1C=Cc2nc(-c3ccc(C(=O)NC4CCCCC4C)cc3)[nH]c2C1. The summed E-state index contributed by atoms with van der Waals surface area (Å²) >= 11 is 0. The molecular formula is C35H44N4O2. The van der Waals surface area contributed by atoms with Crippen LogP contribution in [0.3, 0.4) is 0 Å². The molecule has 6 heteroatoms. The normalized spacial score (nSPS) is 39.6. The molecule has 1 aromatic heterocycles. The molecule has 41 heavy (non-hydrogen) atoms. The summed E-state index contributed by atoms with van der Waals surface area (Å²) in [6.45, 7) is 4.64. The topological polar surface area (TPSA) is 86.9 Å². The Bertz CT molecular complexity index is 1400. The number of nitrogens with zero attached hydrogens (tertiary/aromatic N) is 1.